The number of hydrogen-bond acceptors (Lipinski definition) is 2. The van der Waals surface area contributed by atoms with Crippen molar-refractivity contribution >= 4 is 34.2 Å². The Morgan fingerprint density at radius 2 is 2.05 bits per heavy atom. The smallest absolute Gasteiger partial charge is 0.237 e. The van der Waals surface area contributed by atoms with Crippen molar-refractivity contribution in [2.45, 2.75) is 38.1 Å². The van der Waals surface area contributed by atoms with Gasteiger partial charge in [0.25, 0.3) is 0 Å². The molecule has 0 saturated carbocycles. The van der Waals surface area contributed by atoms with Crippen LogP contribution >= 0.6 is 28.3 Å². The van der Waals surface area contributed by atoms with Crippen LogP contribution in [0.2, 0.25) is 0 Å². The molecule has 1 aromatic carbocycles. The van der Waals surface area contributed by atoms with Gasteiger partial charge < -0.3 is 10.6 Å². The zero-order valence-corrected chi connectivity index (χ0v) is 14.3. The molecular formula is C15H22BrClN2O. The minimum Gasteiger partial charge on any atom is -0.354 e. The Bertz CT molecular complexity index is 442. The summed E-state index contributed by atoms with van der Waals surface area (Å²) >= 11 is 3.44. The third-order valence-electron chi connectivity index (χ3n) is 3.71. The average Bonchev–Trinajstić information content (AvgIpc) is 2.90. The Labute approximate surface area is 135 Å². The van der Waals surface area contributed by atoms with Gasteiger partial charge in [0.05, 0.1) is 6.04 Å². The summed E-state index contributed by atoms with van der Waals surface area (Å²) in [7, 11) is 0. The maximum Gasteiger partial charge on any atom is 0.237 e. The SMILES string of the molecule is CC(C)(CNC(=O)C1CCCN1)c1ccc(Br)cc1.Cl. The maximum absolute atomic E-state index is 12.0. The van der Waals surface area contributed by atoms with Crippen LogP contribution < -0.4 is 10.6 Å². The summed E-state index contributed by atoms with van der Waals surface area (Å²) in [5, 5.41) is 6.29. The number of carbonyl (C=O) groups excluding carboxylic acids is 1. The normalized spacial score (nSPS) is 18.4. The summed E-state index contributed by atoms with van der Waals surface area (Å²) in [6.45, 7) is 5.91. The highest BCUT2D eigenvalue weighted by molar-refractivity contribution is 9.10. The summed E-state index contributed by atoms with van der Waals surface area (Å²) < 4.78 is 1.08. The van der Waals surface area contributed by atoms with Gasteiger partial charge in [-0.2, -0.15) is 0 Å². The van der Waals surface area contributed by atoms with E-state index in [0.29, 0.717) is 6.54 Å². The Kier molecular flexibility index (Phi) is 6.49. The van der Waals surface area contributed by atoms with Crippen LogP contribution in [0, 0.1) is 0 Å². The highest BCUT2D eigenvalue weighted by Crippen LogP contribution is 2.24. The van der Waals surface area contributed by atoms with E-state index in [1.165, 1.54) is 5.56 Å². The van der Waals surface area contributed by atoms with Gasteiger partial charge in [-0.3, -0.25) is 4.79 Å². The lowest BCUT2D eigenvalue weighted by molar-refractivity contribution is -0.123. The van der Waals surface area contributed by atoms with E-state index in [1.807, 2.05) is 12.1 Å². The Morgan fingerprint density at radius 3 is 2.60 bits per heavy atom. The molecule has 0 aromatic heterocycles. The van der Waals surface area contributed by atoms with Crippen molar-refractivity contribution in [2.75, 3.05) is 13.1 Å². The molecule has 1 saturated heterocycles. The largest absolute Gasteiger partial charge is 0.354 e. The van der Waals surface area contributed by atoms with Crippen LogP contribution in [0.5, 0.6) is 0 Å². The fraction of sp³-hybridized carbons (Fsp3) is 0.533. The van der Waals surface area contributed by atoms with Gasteiger partial charge in [-0.15, -0.1) is 12.4 Å². The molecule has 1 heterocycles. The predicted octanol–water partition coefficient (Wildman–Crippen LogP) is 3.02. The minimum absolute atomic E-state index is 0. The lowest BCUT2D eigenvalue weighted by atomic mass is 9.84. The first kappa shape index (κ1) is 17.5. The van der Waals surface area contributed by atoms with Gasteiger partial charge in [-0.05, 0) is 37.1 Å². The highest BCUT2D eigenvalue weighted by Gasteiger charge is 2.25. The monoisotopic (exact) mass is 360 g/mol. The summed E-state index contributed by atoms with van der Waals surface area (Å²) in [5.41, 5.74) is 1.17. The number of carbonyl (C=O) groups is 1. The number of rotatable bonds is 4. The molecule has 3 nitrogen and oxygen atoms in total. The standard InChI is InChI=1S/C15H21BrN2O.ClH/c1-15(2,11-5-7-12(16)8-6-11)10-18-14(19)13-4-3-9-17-13;/h5-8,13,17H,3-4,9-10H2,1-2H3,(H,18,19);1H. The van der Waals surface area contributed by atoms with E-state index in [1.54, 1.807) is 0 Å². The van der Waals surface area contributed by atoms with Gasteiger partial charge in [0.1, 0.15) is 0 Å². The quantitative estimate of drug-likeness (QED) is 0.865. The van der Waals surface area contributed by atoms with Crippen LogP contribution in [0.25, 0.3) is 0 Å². The van der Waals surface area contributed by atoms with Crippen molar-refractivity contribution in [2.24, 2.45) is 0 Å². The number of amides is 1. The van der Waals surface area contributed by atoms with Gasteiger partial charge in [-0.1, -0.05) is 41.9 Å². The van der Waals surface area contributed by atoms with Crippen molar-refractivity contribution in [3.63, 3.8) is 0 Å². The van der Waals surface area contributed by atoms with Crippen LogP contribution in [0.1, 0.15) is 32.3 Å². The molecule has 2 rings (SSSR count). The first-order valence-electron chi connectivity index (χ1n) is 6.76. The molecular weight excluding hydrogens is 340 g/mol. The second-order valence-electron chi connectivity index (χ2n) is 5.76. The first-order valence-corrected chi connectivity index (χ1v) is 7.55. The van der Waals surface area contributed by atoms with Crippen molar-refractivity contribution < 1.29 is 4.79 Å². The summed E-state index contributed by atoms with van der Waals surface area (Å²) in [5.74, 6) is 0.127. The molecule has 5 heteroatoms. The third-order valence-corrected chi connectivity index (χ3v) is 4.24. The van der Waals surface area contributed by atoms with Gasteiger partial charge in [0.2, 0.25) is 5.91 Å². The van der Waals surface area contributed by atoms with Crippen molar-refractivity contribution in [3.8, 4) is 0 Å². The van der Waals surface area contributed by atoms with Crippen LogP contribution in [0.3, 0.4) is 0 Å². The Balaban J connectivity index is 0.00000200. The predicted molar refractivity (Wildman–Crippen MR) is 88.5 cm³/mol. The van der Waals surface area contributed by atoms with Gasteiger partial charge in [0.15, 0.2) is 0 Å². The van der Waals surface area contributed by atoms with Crippen molar-refractivity contribution in [3.05, 3.63) is 34.3 Å². The van der Waals surface area contributed by atoms with E-state index >= 15 is 0 Å². The van der Waals surface area contributed by atoms with E-state index in [-0.39, 0.29) is 29.8 Å². The second-order valence-corrected chi connectivity index (χ2v) is 6.67. The topological polar surface area (TPSA) is 41.1 Å². The molecule has 1 atom stereocenters. The van der Waals surface area contributed by atoms with Crippen LogP contribution in [0.4, 0.5) is 0 Å². The van der Waals surface area contributed by atoms with Crippen molar-refractivity contribution in [1.29, 1.82) is 0 Å². The van der Waals surface area contributed by atoms with Crippen LogP contribution in [-0.2, 0) is 10.2 Å². The fourth-order valence-corrected chi connectivity index (χ4v) is 2.61. The molecule has 1 unspecified atom stereocenters. The summed E-state index contributed by atoms with van der Waals surface area (Å²) in [6.07, 6.45) is 2.04. The molecule has 1 aliphatic rings. The maximum atomic E-state index is 12.0. The molecule has 1 amide bonds. The van der Waals surface area contributed by atoms with Gasteiger partial charge in [-0.25, -0.2) is 0 Å². The minimum atomic E-state index is -0.0606. The van der Waals surface area contributed by atoms with E-state index in [4.69, 9.17) is 0 Å². The molecule has 1 aromatic rings. The molecule has 20 heavy (non-hydrogen) atoms. The zero-order valence-electron chi connectivity index (χ0n) is 11.9. The number of hydrogen-bond donors (Lipinski definition) is 2. The van der Waals surface area contributed by atoms with E-state index in [2.05, 4.69) is 52.5 Å². The molecule has 0 aliphatic carbocycles. The first-order chi connectivity index (χ1) is 8.99. The molecule has 0 bridgehead atoms. The van der Waals surface area contributed by atoms with E-state index in [9.17, 15) is 4.79 Å². The van der Waals surface area contributed by atoms with E-state index in [0.717, 1.165) is 23.9 Å². The van der Waals surface area contributed by atoms with Crippen LogP contribution in [0.15, 0.2) is 28.7 Å². The second kappa shape index (κ2) is 7.43. The fourth-order valence-electron chi connectivity index (χ4n) is 2.34. The van der Waals surface area contributed by atoms with Crippen LogP contribution in [-0.4, -0.2) is 25.0 Å². The van der Waals surface area contributed by atoms with Gasteiger partial charge >= 0.3 is 0 Å². The molecule has 2 N–H and O–H groups in total. The average molecular weight is 362 g/mol. The molecule has 0 radical (unpaired) electrons. The number of benzene rings is 1. The third kappa shape index (κ3) is 4.47. The molecule has 112 valence electrons. The van der Waals surface area contributed by atoms with Crippen molar-refractivity contribution in [1.82, 2.24) is 10.6 Å². The molecule has 1 fully saturated rings. The lowest BCUT2D eigenvalue weighted by Gasteiger charge is -2.26. The highest BCUT2D eigenvalue weighted by atomic mass is 79.9. The summed E-state index contributed by atoms with van der Waals surface area (Å²) in [4.78, 5) is 12.0. The number of nitrogens with one attached hydrogen (secondary N) is 2. The Morgan fingerprint density at radius 1 is 1.40 bits per heavy atom. The Hall–Kier alpha value is -0.580. The van der Waals surface area contributed by atoms with E-state index < -0.39 is 0 Å². The number of halogens is 2. The zero-order chi connectivity index (χ0) is 13.9. The molecule has 0 spiro atoms. The summed E-state index contributed by atoms with van der Waals surface area (Å²) in [6, 6.07) is 8.28. The molecule has 1 aliphatic heterocycles. The van der Waals surface area contributed by atoms with Gasteiger partial charge in [0, 0.05) is 16.4 Å². The lowest BCUT2D eigenvalue weighted by Crippen LogP contribution is -2.45.